The molecule has 0 spiro atoms. The van der Waals surface area contributed by atoms with Crippen molar-refractivity contribution in [2.45, 2.75) is 59.2 Å². The van der Waals surface area contributed by atoms with Crippen LogP contribution in [-0.2, 0) is 6.54 Å². The number of rotatable bonds is 3. The van der Waals surface area contributed by atoms with Gasteiger partial charge in [-0.05, 0) is 73.3 Å². The van der Waals surface area contributed by atoms with Crippen LogP contribution >= 0.6 is 0 Å². The molecule has 0 aliphatic rings. The minimum absolute atomic E-state index is 0.112. The monoisotopic (exact) mass is 262 g/mol. The van der Waals surface area contributed by atoms with E-state index in [4.69, 9.17) is 0 Å². The molecule has 0 aliphatic heterocycles. The summed E-state index contributed by atoms with van der Waals surface area (Å²) in [6.07, 6.45) is 0. The molecule has 19 heavy (non-hydrogen) atoms. The highest BCUT2D eigenvalue weighted by molar-refractivity contribution is 5.52. The fraction of sp³-hybridized carbons (Fsp3) is 0.647. The van der Waals surface area contributed by atoms with E-state index >= 15 is 0 Å². The minimum Gasteiger partial charge on any atom is -0.362 e. The Balaban J connectivity index is 3.05. The lowest BCUT2D eigenvalue weighted by molar-refractivity contribution is 0.380. The normalized spacial score (nSPS) is 12.9. The van der Waals surface area contributed by atoms with Crippen LogP contribution in [0.2, 0.25) is 0 Å². The third kappa shape index (κ3) is 4.54. The molecule has 0 unspecified atom stereocenters. The van der Waals surface area contributed by atoms with E-state index < -0.39 is 0 Å². The summed E-state index contributed by atoms with van der Waals surface area (Å²) >= 11 is 0. The average molecular weight is 262 g/mol. The predicted molar refractivity (Wildman–Crippen MR) is 85.8 cm³/mol. The van der Waals surface area contributed by atoms with E-state index in [1.165, 1.54) is 11.3 Å². The molecule has 1 aromatic rings. The van der Waals surface area contributed by atoms with E-state index in [-0.39, 0.29) is 11.1 Å². The van der Waals surface area contributed by atoms with Crippen molar-refractivity contribution >= 4 is 5.69 Å². The number of benzene rings is 1. The van der Waals surface area contributed by atoms with Gasteiger partial charge in [-0.1, -0.05) is 12.1 Å². The summed E-state index contributed by atoms with van der Waals surface area (Å²) in [4.78, 5) is 4.68. The van der Waals surface area contributed by atoms with Gasteiger partial charge in [0.15, 0.2) is 0 Å². The van der Waals surface area contributed by atoms with Gasteiger partial charge in [-0.2, -0.15) is 0 Å². The van der Waals surface area contributed by atoms with Crippen LogP contribution in [0.1, 0.15) is 47.1 Å². The van der Waals surface area contributed by atoms with Crippen molar-refractivity contribution < 1.29 is 0 Å². The van der Waals surface area contributed by atoms with Gasteiger partial charge in [-0.15, -0.1) is 0 Å². The van der Waals surface area contributed by atoms with Gasteiger partial charge in [0.2, 0.25) is 0 Å². The molecule has 0 bridgehead atoms. The van der Waals surface area contributed by atoms with E-state index in [1.54, 1.807) is 0 Å². The van der Waals surface area contributed by atoms with Crippen molar-refractivity contribution in [1.82, 2.24) is 4.90 Å². The Morgan fingerprint density at radius 2 is 1.21 bits per heavy atom. The molecule has 0 radical (unpaired) electrons. The molecule has 1 rings (SSSR count). The summed E-state index contributed by atoms with van der Waals surface area (Å²) in [7, 11) is 4.20. The van der Waals surface area contributed by atoms with E-state index in [1.807, 2.05) is 0 Å². The summed E-state index contributed by atoms with van der Waals surface area (Å²) in [5.41, 5.74) is 2.88. The van der Waals surface area contributed by atoms with Crippen molar-refractivity contribution in [2.24, 2.45) is 0 Å². The lowest BCUT2D eigenvalue weighted by Crippen LogP contribution is -2.53. The molecule has 0 N–H and O–H groups in total. The second-order valence-corrected chi connectivity index (χ2v) is 7.58. The highest BCUT2D eigenvalue weighted by Crippen LogP contribution is 2.32. The number of hydrogen-bond acceptors (Lipinski definition) is 2. The third-order valence-corrected chi connectivity index (χ3v) is 3.03. The molecule has 2 heteroatoms. The van der Waals surface area contributed by atoms with Crippen LogP contribution < -0.4 is 4.90 Å². The van der Waals surface area contributed by atoms with Crippen LogP contribution in [0.15, 0.2) is 24.3 Å². The van der Waals surface area contributed by atoms with Crippen LogP contribution in [0.4, 0.5) is 5.69 Å². The predicted octanol–water partition coefficient (Wildman–Crippen LogP) is 4.15. The highest BCUT2D eigenvalue weighted by atomic mass is 15.2. The Kier molecular flexibility index (Phi) is 4.67. The van der Waals surface area contributed by atoms with Gasteiger partial charge in [-0.3, -0.25) is 0 Å². The molecule has 0 aromatic heterocycles. The third-order valence-electron chi connectivity index (χ3n) is 3.03. The molecule has 2 nitrogen and oxygen atoms in total. The second kappa shape index (κ2) is 5.54. The molecule has 0 heterocycles. The van der Waals surface area contributed by atoms with Crippen molar-refractivity contribution in [1.29, 1.82) is 0 Å². The Labute approximate surface area is 119 Å². The van der Waals surface area contributed by atoms with Crippen LogP contribution in [0, 0.1) is 0 Å². The fourth-order valence-electron chi connectivity index (χ4n) is 2.90. The highest BCUT2D eigenvalue weighted by Gasteiger charge is 2.31. The van der Waals surface area contributed by atoms with Gasteiger partial charge in [0.05, 0.1) is 0 Å². The quantitative estimate of drug-likeness (QED) is 0.807. The maximum atomic E-state index is 2.49. The SMILES string of the molecule is CN(C)Cc1ccc(N(C(C)(C)C)C(C)(C)C)cc1. The van der Waals surface area contributed by atoms with Gasteiger partial charge in [0.25, 0.3) is 0 Å². The Morgan fingerprint density at radius 1 is 0.789 bits per heavy atom. The number of anilines is 1. The fourth-order valence-corrected chi connectivity index (χ4v) is 2.90. The van der Waals surface area contributed by atoms with Gasteiger partial charge >= 0.3 is 0 Å². The first-order valence-electron chi connectivity index (χ1n) is 7.06. The smallest absolute Gasteiger partial charge is 0.0375 e. The molecular formula is C17H30N2. The zero-order valence-electron chi connectivity index (χ0n) is 13.9. The first kappa shape index (κ1) is 16.0. The summed E-state index contributed by atoms with van der Waals surface area (Å²) in [6, 6.07) is 8.96. The topological polar surface area (TPSA) is 6.48 Å². The van der Waals surface area contributed by atoms with Crippen LogP contribution in [0.25, 0.3) is 0 Å². The molecule has 0 saturated heterocycles. The molecule has 108 valence electrons. The van der Waals surface area contributed by atoms with Gasteiger partial charge in [0.1, 0.15) is 0 Å². The molecule has 0 aliphatic carbocycles. The lowest BCUT2D eigenvalue weighted by Gasteiger charge is -2.47. The van der Waals surface area contributed by atoms with Gasteiger partial charge in [0, 0.05) is 23.3 Å². The first-order valence-corrected chi connectivity index (χ1v) is 7.06. The second-order valence-electron chi connectivity index (χ2n) is 7.58. The molecule has 0 fully saturated rings. The van der Waals surface area contributed by atoms with Crippen LogP contribution in [-0.4, -0.2) is 30.1 Å². The van der Waals surface area contributed by atoms with Gasteiger partial charge < -0.3 is 9.80 Å². The van der Waals surface area contributed by atoms with Crippen molar-refractivity contribution in [3.8, 4) is 0 Å². The maximum absolute atomic E-state index is 2.49. The summed E-state index contributed by atoms with van der Waals surface area (Å²) in [6.45, 7) is 14.6. The lowest BCUT2D eigenvalue weighted by atomic mass is 9.94. The van der Waals surface area contributed by atoms with Crippen LogP contribution in [0.5, 0.6) is 0 Å². The molecule has 1 aromatic carbocycles. The number of hydrogen-bond donors (Lipinski definition) is 0. The zero-order valence-corrected chi connectivity index (χ0v) is 13.9. The minimum atomic E-state index is 0.112. The summed E-state index contributed by atoms with van der Waals surface area (Å²) in [5, 5.41) is 0. The molecule has 0 amide bonds. The standard InChI is InChI=1S/C17H30N2/c1-16(2,3)19(17(4,5)6)15-11-9-14(10-12-15)13-18(7)8/h9-12H,13H2,1-8H3. The Hall–Kier alpha value is -1.02. The number of nitrogens with zero attached hydrogens (tertiary/aromatic N) is 2. The average Bonchev–Trinajstić information content (AvgIpc) is 2.15. The van der Waals surface area contributed by atoms with Crippen LogP contribution in [0.3, 0.4) is 0 Å². The molecule has 0 saturated carbocycles. The summed E-state index contributed by atoms with van der Waals surface area (Å²) in [5.74, 6) is 0. The first-order chi connectivity index (χ1) is 8.51. The summed E-state index contributed by atoms with van der Waals surface area (Å²) < 4.78 is 0. The van der Waals surface area contributed by atoms with E-state index in [2.05, 4.69) is 89.7 Å². The molecule has 0 atom stereocenters. The van der Waals surface area contributed by atoms with Crippen molar-refractivity contribution in [3.63, 3.8) is 0 Å². The van der Waals surface area contributed by atoms with E-state index in [0.29, 0.717) is 0 Å². The zero-order chi connectivity index (χ0) is 14.8. The maximum Gasteiger partial charge on any atom is 0.0375 e. The Morgan fingerprint density at radius 3 is 1.53 bits per heavy atom. The van der Waals surface area contributed by atoms with Crippen molar-refractivity contribution in [3.05, 3.63) is 29.8 Å². The van der Waals surface area contributed by atoms with E-state index in [0.717, 1.165) is 6.54 Å². The van der Waals surface area contributed by atoms with E-state index in [9.17, 15) is 0 Å². The van der Waals surface area contributed by atoms with Crippen molar-refractivity contribution in [2.75, 3.05) is 19.0 Å². The molecular weight excluding hydrogens is 232 g/mol. The van der Waals surface area contributed by atoms with Gasteiger partial charge in [-0.25, -0.2) is 0 Å². The Bertz CT molecular complexity index is 377. The largest absolute Gasteiger partial charge is 0.362 e.